The lowest BCUT2D eigenvalue weighted by molar-refractivity contribution is -0.132. The lowest BCUT2D eigenvalue weighted by atomic mass is 10.1. The van der Waals surface area contributed by atoms with Gasteiger partial charge in [-0.15, -0.1) is 0 Å². The molecule has 3 aromatic rings. The van der Waals surface area contributed by atoms with Crippen LogP contribution in [0, 0.1) is 5.92 Å². The molecular formula is C28H29Cl2N3O3. The molecule has 0 radical (unpaired) electrons. The molecule has 6 nitrogen and oxygen atoms in total. The van der Waals surface area contributed by atoms with E-state index in [-0.39, 0.29) is 11.8 Å². The van der Waals surface area contributed by atoms with Crippen LogP contribution < -0.4 is 10.2 Å². The van der Waals surface area contributed by atoms with Gasteiger partial charge in [-0.3, -0.25) is 9.59 Å². The van der Waals surface area contributed by atoms with Gasteiger partial charge in [0, 0.05) is 55.6 Å². The van der Waals surface area contributed by atoms with Crippen LogP contribution in [0.1, 0.15) is 26.0 Å². The summed E-state index contributed by atoms with van der Waals surface area (Å²) in [4.78, 5) is 28.9. The summed E-state index contributed by atoms with van der Waals surface area (Å²) in [5.41, 5.74) is 2.46. The third kappa shape index (κ3) is 6.50. The fourth-order valence-corrected chi connectivity index (χ4v) is 4.46. The van der Waals surface area contributed by atoms with Crippen molar-refractivity contribution in [2.45, 2.75) is 20.3 Å². The van der Waals surface area contributed by atoms with Crippen LogP contribution in [0.2, 0.25) is 10.0 Å². The quantitative estimate of drug-likeness (QED) is 0.353. The van der Waals surface area contributed by atoms with Crippen molar-refractivity contribution >= 4 is 52.5 Å². The van der Waals surface area contributed by atoms with Crippen LogP contribution in [0.3, 0.4) is 0 Å². The van der Waals surface area contributed by atoms with Gasteiger partial charge in [0.15, 0.2) is 0 Å². The van der Waals surface area contributed by atoms with E-state index in [9.17, 15) is 9.59 Å². The Labute approximate surface area is 221 Å². The lowest BCUT2D eigenvalue weighted by Gasteiger charge is -2.36. The van der Waals surface area contributed by atoms with Crippen molar-refractivity contribution in [3.05, 3.63) is 76.5 Å². The second kappa shape index (κ2) is 11.7. The first-order valence-corrected chi connectivity index (χ1v) is 12.7. The van der Waals surface area contributed by atoms with Crippen molar-refractivity contribution in [3.63, 3.8) is 0 Å². The predicted octanol–water partition coefficient (Wildman–Crippen LogP) is 6.60. The molecule has 0 spiro atoms. The van der Waals surface area contributed by atoms with E-state index >= 15 is 0 Å². The van der Waals surface area contributed by atoms with Crippen molar-refractivity contribution in [1.29, 1.82) is 0 Å². The molecule has 2 aromatic carbocycles. The molecule has 1 fully saturated rings. The Morgan fingerprint density at radius 1 is 1.00 bits per heavy atom. The molecule has 0 aliphatic carbocycles. The number of furan rings is 1. The monoisotopic (exact) mass is 525 g/mol. The largest absolute Gasteiger partial charge is 0.457 e. The first-order chi connectivity index (χ1) is 17.3. The second-order valence-electron chi connectivity index (χ2n) is 9.14. The Morgan fingerprint density at radius 3 is 2.42 bits per heavy atom. The highest BCUT2D eigenvalue weighted by Crippen LogP contribution is 2.34. The van der Waals surface area contributed by atoms with Gasteiger partial charge in [-0.2, -0.15) is 0 Å². The van der Waals surface area contributed by atoms with Crippen LogP contribution >= 0.6 is 23.2 Å². The number of benzene rings is 2. The molecular weight excluding hydrogens is 497 g/mol. The van der Waals surface area contributed by atoms with Gasteiger partial charge in [0.25, 0.3) is 0 Å². The minimum absolute atomic E-state index is 0.231. The average molecular weight is 526 g/mol. The normalized spacial score (nSPS) is 14.0. The first-order valence-electron chi connectivity index (χ1n) is 12.0. The number of piperazine rings is 1. The zero-order valence-electron chi connectivity index (χ0n) is 20.3. The van der Waals surface area contributed by atoms with E-state index in [1.165, 1.54) is 6.08 Å². The maximum Gasteiger partial charge on any atom is 0.248 e. The van der Waals surface area contributed by atoms with Crippen LogP contribution in [0.15, 0.2) is 65.1 Å². The fraction of sp³-hybridized carbons (Fsp3) is 0.286. The first kappa shape index (κ1) is 25.9. The third-order valence-electron chi connectivity index (χ3n) is 5.96. The smallest absolute Gasteiger partial charge is 0.248 e. The van der Waals surface area contributed by atoms with Gasteiger partial charge in [-0.25, -0.2) is 0 Å². The van der Waals surface area contributed by atoms with E-state index in [4.69, 9.17) is 27.6 Å². The summed E-state index contributed by atoms with van der Waals surface area (Å²) < 4.78 is 5.79. The maximum atomic E-state index is 12.4. The summed E-state index contributed by atoms with van der Waals surface area (Å²) in [5, 5.41) is 3.73. The summed E-state index contributed by atoms with van der Waals surface area (Å²) in [6.07, 6.45) is 3.62. The van der Waals surface area contributed by atoms with Crippen LogP contribution in [0.25, 0.3) is 17.4 Å². The van der Waals surface area contributed by atoms with E-state index in [1.807, 2.05) is 35.2 Å². The fourth-order valence-electron chi connectivity index (χ4n) is 4.07. The number of carbonyl (C=O) groups excluding carboxylic acids is 2. The molecule has 36 heavy (non-hydrogen) atoms. The number of nitrogens with one attached hydrogen (secondary N) is 1. The molecule has 0 saturated carbocycles. The summed E-state index contributed by atoms with van der Waals surface area (Å²) in [6, 6.07) is 16.6. The van der Waals surface area contributed by atoms with Gasteiger partial charge in [0.2, 0.25) is 11.8 Å². The van der Waals surface area contributed by atoms with E-state index in [0.29, 0.717) is 45.2 Å². The molecule has 188 valence electrons. The molecule has 4 rings (SSSR count). The minimum atomic E-state index is -0.265. The number of amides is 2. The zero-order chi connectivity index (χ0) is 25.7. The Bertz CT molecular complexity index is 1240. The number of rotatable bonds is 7. The van der Waals surface area contributed by atoms with Gasteiger partial charge >= 0.3 is 0 Å². The summed E-state index contributed by atoms with van der Waals surface area (Å²) in [7, 11) is 0. The minimum Gasteiger partial charge on any atom is -0.457 e. The zero-order valence-corrected chi connectivity index (χ0v) is 21.9. The topological polar surface area (TPSA) is 65.8 Å². The van der Waals surface area contributed by atoms with Crippen molar-refractivity contribution in [2.24, 2.45) is 5.92 Å². The Balaban J connectivity index is 1.29. The van der Waals surface area contributed by atoms with E-state index in [1.54, 1.807) is 30.3 Å². The van der Waals surface area contributed by atoms with Gasteiger partial charge in [0.1, 0.15) is 11.5 Å². The molecule has 1 aliphatic rings. The molecule has 2 amide bonds. The molecule has 1 aromatic heterocycles. The van der Waals surface area contributed by atoms with Crippen LogP contribution in [-0.4, -0.2) is 42.9 Å². The van der Waals surface area contributed by atoms with Crippen molar-refractivity contribution < 1.29 is 14.0 Å². The van der Waals surface area contributed by atoms with Crippen LogP contribution in [-0.2, 0) is 9.59 Å². The molecule has 2 heterocycles. The standard InChI is InChI=1S/C28H29Cl2N3O3/c1-19(2)18-27(35)33-16-14-32(15-17-33)21-8-6-20(7-9-21)31-26(34)13-11-22-10-12-25(36-22)23-4-3-5-24(29)28(23)30/h3-13,19H,14-18H2,1-2H3,(H,31,34)/b13-11+. The molecule has 1 N–H and O–H groups in total. The third-order valence-corrected chi connectivity index (χ3v) is 6.78. The molecule has 1 saturated heterocycles. The number of carbonyl (C=O) groups is 2. The van der Waals surface area contributed by atoms with Gasteiger partial charge in [0.05, 0.1) is 10.0 Å². The summed E-state index contributed by atoms with van der Waals surface area (Å²) in [5.74, 6) is 1.44. The number of anilines is 2. The molecule has 1 aliphatic heterocycles. The maximum absolute atomic E-state index is 12.4. The van der Waals surface area contributed by atoms with E-state index < -0.39 is 0 Å². The average Bonchev–Trinajstić information content (AvgIpc) is 3.33. The lowest BCUT2D eigenvalue weighted by Crippen LogP contribution is -2.49. The molecule has 0 unspecified atom stereocenters. The van der Waals surface area contributed by atoms with E-state index in [0.717, 1.165) is 31.9 Å². The number of halogens is 2. The van der Waals surface area contributed by atoms with E-state index in [2.05, 4.69) is 24.1 Å². The number of nitrogens with zero attached hydrogens (tertiary/aromatic N) is 2. The van der Waals surface area contributed by atoms with Gasteiger partial charge in [-0.1, -0.05) is 43.1 Å². The molecule has 0 atom stereocenters. The Morgan fingerprint density at radius 2 is 1.72 bits per heavy atom. The Kier molecular flexibility index (Phi) is 8.39. The summed E-state index contributed by atoms with van der Waals surface area (Å²) >= 11 is 12.3. The molecule has 0 bridgehead atoms. The highest BCUT2D eigenvalue weighted by molar-refractivity contribution is 6.43. The van der Waals surface area contributed by atoms with Crippen LogP contribution in [0.5, 0.6) is 0 Å². The van der Waals surface area contributed by atoms with Crippen molar-refractivity contribution in [2.75, 3.05) is 36.4 Å². The van der Waals surface area contributed by atoms with Crippen molar-refractivity contribution in [3.8, 4) is 11.3 Å². The Hall–Kier alpha value is -3.22. The number of hydrogen-bond acceptors (Lipinski definition) is 4. The molecule has 8 heteroatoms. The summed E-state index contributed by atoms with van der Waals surface area (Å²) in [6.45, 7) is 7.18. The van der Waals surface area contributed by atoms with Gasteiger partial charge in [-0.05, 0) is 60.5 Å². The second-order valence-corrected chi connectivity index (χ2v) is 9.92. The number of hydrogen-bond donors (Lipinski definition) is 1. The predicted molar refractivity (Wildman–Crippen MR) is 147 cm³/mol. The van der Waals surface area contributed by atoms with Crippen LogP contribution in [0.4, 0.5) is 11.4 Å². The highest BCUT2D eigenvalue weighted by Gasteiger charge is 2.21. The van der Waals surface area contributed by atoms with Gasteiger partial charge < -0.3 is 19.5 Å². The van der Waals surface area contributed by atoms with Crippen molar-refractivity contribution in [1.82, 2.24) is 4.90 Å². The highest BCUT2D eigenvalue weighted by atomic mass is 35.5. The SMILES string of the molecule is CC(C)CC(=O)N1CCN(c2ccc(NC(=O)/C=C/c3ccc(-c4cccc(Cl)c4Cl)o3)cc2)CC1.